The Balaban J connectivity index is 1.64. The lowest BCUT2D eigenvalue weighted by atomic mass is 10.2. The van der Waals surface area contributed by atoms with Crippen LogP contribution in [0.4, 0.5) is 0 Å². The highest BCUT2D eigenvalue weighted by molar-refractivity contribution is 5.97. The van der Waals surface area contributed by atoms with Crippen molar-refractivity contribution in [2.75, 3.05) is 32.8 Å². The number of amides is 1. The molecule has 3 rings (SSSR count). The van der Waals surface area contributed by atoms with E-state index in [0.29, 0.717) is 11.3 Å². The summed E-state index contributed by atoms with van der Waals surface area (Å²) in [5.74, 6) is 1.28. The first kappa shape index (κ1) is 13.1. The van der Waals surface area contributed by atoms with Crippen molar-refractivity contribution in [2.24, 2.45) is 0 Å². The van der Waals surface area contributed by atoms with E-state index in [2.05, 4.69) is 10.2 Å². The lowest BCUT2D eigenvalue weighted by Gasteiger charge is -2.26. The molecule has 0 atom stereocenters. The second-order valence-electron chi connectivity index (χ2n) is 4.89. The molecule has 1 fully saturated rings. The standard InChI is InChI=1S/C15H18N2O3/c18-15-13-3-1-2-4-14(13)20-12(11-16-15)5-6-17-7-9-19-10-8-17/h1-4,11H,5-10H2,(H,16,18). The molecule has 0 aliphatic carbocycles. The average molecular weight is 274 g/mol. The number of rotatable bonds is 3. The number of carbonyl (C=O) groups is 1. The number of hydrogen-bond donors (Lipinski definition) is 1. The van der Waals surface area contributed by atoms with E-state index in [0.717, 1.165) is 45.0 Å². The molecule has 0 spiro atoms. The molecular weight excluding hydrogens is 256 g/mol. The second-order valence-corrected chi connectivity index (χ2v) is 4.89. The first-order valence-corrected chi connectivity index (χ1v) is 6.90. The largest absolute Gasteiger partial charge is 0.459 e. The molecule has 0 radical (unpaired) electrons. The van der Waals surface area contributed by atoms with Crippen molar-refractivity contribution in [1.29, 1.82) is 0 Å². The molecule has 0 aromatic heterocycles. The third kappa shape index (κ3) is 3.00. The lowest BCUT2D eigenvalue weighted by molar-refractivity contribution is 0.0375. The molecular formula is C15H18N2O3. The summed E-state index contributed by atoms with van der Waals surface area (Å²) in [5, 5.41) is 2.77. The van der Waals surface area contributed by atoms with Crippen LogP contribution in [-0.2, 0) is 4.74 Å². The van der Waals surface area contributed by atoms with Gasteiger partial charge in [0, 0.05) is 32.3 Å². The van der Waals surface area contributed by atoms with Crippen LogP contribution in [0.15, 0.2) is 36.2 Å². The van der Waals surface area contributed by atoms with Crippen molar-refractivity contribution < 1.29 is 14.3 Å². The zero-order valence-electron chi connectivity index (χ0n) is 11.3. The van der Waals surface area contributed by atoms with Crippen LogP contribution in [0.1, 0.15) is 16.8 Å². The average Bonchev–Trinajstić information content (AvgIpc) is 2.66. The summed E-state index contributed by atoms with van der Waals surface area (Å²) < 4.78 is 11.2. The molecule has 106 valence electrons. The highest BCUT2D eigenvalue weighted by Crippen LogP contribution is 2.23. The first-order chi connectivity index (χ1) is 9.83. The molecule has 1 aromatic rings. The van der Waals surface area contributed by atoms with Gasteiger partial charge in [-0.25, -0.2) is 0 Å². The number of ether oxygens (including phenoxy) is 2. The van der Waals surface area contributed by atoms with Crippen molar-refractivity contribution in [1.82, 2.24) is 10.2 Å². The summed E-state index contributed by atoms with van der Waals surface area (Å²) >= 11 is 0. The number of para-hydroxylation sites is 1. The van der Waals surface area contributed by atoms with Crippen molar-refractivity contribution in [3.63, 3.8) is 0 Å². The van der Waals surface area contributed by atoms with Gasteiger partial charge in [0.05, 0.1) is 18.8 Å². The van der Waals surface area contributed by atoms with Crippen molar-refractivity contribution >= 4 is 5.91 Å². The number of nitrogens with zero attached hydrogens (tertiary/aromatic N) is 1. The Morgan fingerprint density at radius 1 is 1.20 bits per heavy atom. The van der Waals surface area contributed by atoms with Gasteiger partial charge in [0.15, 0.2) is 0 Å². The van der Waals surface area contributed by atoms with Gasteiger partial charge < -0.3 is 14.8 Å². The summed E-state index contributed by atoms with van der Waals surface area (Å²) in [5.41, 5.74) is 0.574. The molecule has 1 N–H and O–H groups in total. The monoisotopic (exact) mass is 274 g/mol. The van der Waals surface area contributed by atoms with Crippen molar-refractivity contribution in [2.45, 2.75) is 6.42 Å². The molecule has 0 unspecified atom stereocenters. The van der Waals surface area contributed by atoms with E-state index in [-0.39, 0.29) is 5.91 Å². The fraction of sp³-hybridized carbons (Fsp3) is 0.400. The van der Waals surface area contributed by atoms with Gasteiger partial charge in [0.25, 0.3) is 5.91 Å². The van der Waals surface area contributed by atoms with Gasteiger partial charge in [-0.05, 0) is 12.1 Å². The number of morpholine rings is 1. The number of hydrogen-bond acceptors (Lipinski definition) is 4. The molecule has 0 bridgehead atoms. The number of nitrogens with one attached hydrogen (secondary N) is 1. The topological polar surface area (TPSA) is 50.8 Å². The molecule has 2 aliphatic heterocycles. The zero-order valence-corrected chi connectivity index (χ0v) is 11.3. The van der Waals surface area contributed by atoms with Gasteiger partial charge in [-0.2, -0.15) is 0 Å². The Labute approximate surface area is 118 Å². The van der Waals surface area contributed by atoms with Gasteiger partial charge in [-0.1, -0.05) is 12.1 Å². The smallest absolute Gasteiger partial charge is 0.259 e. The summed E-state index contributed by atoms with van der Waals surface area (Å²) in [7, 11) is 0. The molecule has 1 saturated heterocycles. The molecule has 1 amide bonds. The normalized spacial score (nSPS) is 19.4. The molecule has 0 saturated carbocycles. The minimum atomic E-state index is -0.123. The quantitative estimate of drug-likeness (QED) is 0.904. The van der Waals surface area contributed by atoms with Crippen LogP contribution in [0, 0.1) is 0 Å². The third-order valence-electron chi connectivity index (χ3n) is 3.52. The fourth-order valence-corrected chi connectivity index (χ4v) is 2.35. The van der Waals surface area contributed by atoms with E-state index in [1.54, 1.807) is 12.3 Å². The van der Waals surface area contributed by atoms with Crippen LogP contribution < -0.4 is 10.1 Å². The van der Waals surface area contributed by atoms with Gasteiger partial charge in [0.2, 0.25) is 0 Å². The number of carbonyl (C=O) groups excluding carboxylic acids is 1. The summed E-state index contributed by atoms with van der Waals surface area (Å²) in [6.07, 6.45) is 2.44. The Morgan fingerprint density at radius 3 is 2.85 bits per heavy atom. The molecule has 2 heterocycles. The SMILES string of the molecule is O=C1NC=C(CCN2CCOCC2)Oc2ccccc21. The first-order valence-electron chi connectivity index (χ1n) is 6.90. The predicted molar refractivity (Wildman–Crippen MR) is 74.5 cm³/mol. The van der Waals surface area contributed by atoms with Gasteiger partial charge >= 0.3 is 0 Å². The minimum absolute atomic E-state index is 0.123. The van der Waals surface area contributed by atoms with E-state index in [4.69, 9.17) is 9.47 Å². The molecule has 5 nitrogen and oxygen atoms in total. The molecule has 2 aliphatic rings. The summed E-state index contributed by atoms with van der Waals surface area (Å²) in [6.45, 7) is 4.40. The number of benzene rings is 1. The van der Waals surface area contributed by atoms with Crippen LogP contribution in [0.25, 0.3) is 0 Å². The summed E-state index contributed by atoms with van der Waals surface area (Å²) in [6, 6.07) is 7.30. The van der Waals surface area contributed by atoms with Crippen LogP contribution in [0.2, 0.25) is 0 Å². The highest BCUT2D eigenvalue weighted by atomic mass is 16.5. The molecule has 1 aromatic carbocycles. The second kappa shape index (κ2) is 6.07. The Kier molecular flexibility index (Phi) is 3.99. The van der Waals surface area contributed by atoms with Crippen molar-refractivity contribution in [3.05, 3.63) is 41.8 Å². The lowest BCUT2D eigenvalue weighted by Crippen LogP contribution is -2.37. The minimum Gasteiger partial charge on any atom is -0.459 e. The highest BCUT2D eigenvalue weighted by Gasteiger charge is 2.18. The van der Waals surface area contributed by atoms with E-state index in [1.165, 1.54) is 0 Å². The fourth-order valence-electron chi connectivity index (χ4n) is 2.35. The maximum Gasteiger partial charge on any atom is 0.259 e. The van der Waals surface area contributed by atoms with Gasteiger partial charge in [-0.3, -0.25) is 9.69 Å². The molecule has 5 heteroatoms. The van der Waals surface area contributed by atoms with Crippen LogP contribution in [-0.4, -0.2) is 43.7 Å². The Morgan fingerprint density at radius 2 is 2.00 bits per heavy atom. The van der Waals surface area contributed by atoms with E-state index >= 15 is 0 Å². The van der Waals surface area contributed by atoms with Crippen molar-refractivity contribution in [3.8, 4) is 5.75 Å². The van der Waals surface area contributed by atoms with Gasteiger partial charge in [0.1, 0.15) is 11.5 Å². The van der Waals surface area contributed by atoms with Crippen LogP contribution in [0.3, 0.4) is 0 Å². The summed E-state index contributed by atoms with van der Waals surface area (Å²) in [4.78, 5) is 14.2. The Hall–Kier alpha value is -1.85. The van der Waals surface area contributed by atoms with Crippen LogP contribution >= 0.6 is 0 Å². The molecule has 20 heavy (non-hydrogen) atoms. The van der Waals surface area contributed by atoms with E-state index in [9.17, 15) is 4.79 Å². The zero-order chi connectivity index (χ0) is 13.8. The maximum atomic E-state index is 11.9. The van der Waals surface area contributed by atoms with E-state index in [1.807, 2.05) is 18.2 Å². The predicted octanol–water partition coefficient (Wildman–Crippen LogP) is 1.37. The maximum absolute atomic E-state index is 11.9. The number of fused-ring (bicyclic) bond motifs is 1. The van der Waals surface area contributed by atoms with Crippen LogP contribution in [0.5, 0.6) is 5.75 Å². The Bertz CT molecular complexity index is 522. The van der Waals surface area contributed by atoms with Gasteiger partial charge in [-0.15, -0.1) is 0 Å². The third-order valence-corrected chi connectivity index (χ3v) is 3.52. The van der Waals surface area contributed by atoms with E-state index < -0.39 is 0 Å².